The Labute approximate surface area is 166 Å². The number of fused-ring (bicyclic) bond motifs is 1. The van der Waals surface area contributed by atoms with Crippen molar-refractivity contribution < 1.29 is 4.79 Å². The van der Waals surface area contributed by atoms with Crippen molar-refractivity contribution in [3.8, 4) is 0 Å². The smallest absolute Gasteiger partial charge is 0.252 e. The van der Waals surface area contributed by atoms with Gasteiger partial charge in [0.1, 0.15) is 0 Å². The van der Waals surface area contributed by atoms with Crippen molar-refractivity contribution in [3.05, 3.63) is 71.9 Å². The Kier molecular flexibility index (Phi) is 5.53. The van der Waals surface area contributed by atoms with Crippen LogP contribution in [0.5, 0.6) is 0 Å². The fraction of sp³-hybridized carbons (Fsp3) is 0.304. The molecule has 2 heterocycles. The zero-order valence-corrected chi connectivity index (χ0v) is 16.3. The van der Waals surface area contributed by atoms with Crippen LogP contribution in [0.4, 0.5) is 5.69 Å². The van der Waals surface area contributed by atoms with Gasteiger partial charge in [0.05, 0.1) is 11.1 Å². The number of carbonyl (C=O) groups excluding carboxylic acids is 1. The maximum atomic E-state index is 12.4. The quantitative estimate of drug-likeness (QED) is 0.746. The maximum Gasteiger partial charge on any atom is 0.252 e. The number of anilines is 1. The third kappa shape index (κ3) is 4.31. The molecule has 5 nitrogen and oxygen atoms in total. The molecule has 5 heteroatoms. The minimum atomic E-state index is -0.0588. The van der Waals surface area contributed by atoms with Crippen LogP contribution in [-0.2, 0) is 0 Å². The van der Waals surface area contributed by atoms with E-state index in [0.717, 1.165) is 43.6 Å². The summed E-state index contributed by atoms with van der Waals surface area (Å²) in [4.78, 5) is 21.6. The molecular weight excluding hydrogens is 348 g/mol. The molecule has 0 atom stereocenters. The molecule has 3 aromatic rings. The second kappa shape index (κ2) is 8.40. The van der Waals surface area contributed by atoms with Gasteiger partial charge in [0.15, 0.2) is 0 Å². The van der Waals surface area contributed by atoms with E-state index >= 15 is 0 Å². The number of benzene rings is 2. The lowest BCUT2D eigenvalue weighted by Gasteiger charge is -2.36. The molecule has 1 aliphatic rings. The van der Waals surface area contributed by atoms with Crippen molar-refractivity contribution in [2.24, 2.45) is 0 Å². The van der Waals surface area contributed by atoms with Crippen LogP contribution in [0.2, 0.25) is 0 Å². The molecule has 0 radical (unpaired) electrons. The summed E-state index contributed by atoms with van der Waals surface area (Å²) in [6.07, 6.45) is 1.65. The van der Waals surface area contributed by atoms with E-state index in [1.54, 1.807) is 6.20 Å². The highest BCUT2D eigenvalue weighted by Gasteiger charge is 2.17. The van der Waals surface area contributed by atoms with Gasteiger partial charge in [-0.15, -0.1) is 0 Å². The molecule has 1 fully saturated rings. The number of carbonyl (C=O) groups is 1. The molecule has 144 valence electrons. The summed E-state index contributed by atoms with van der Waals surface area (Å²) in [6.45, 7) is 7.70. The lowest BCUT2D eigenvalue weighted by molar-refractivity contribution is 0.0947. The molecule has 4 rings (SSSR count). The Bertz CT molecular complexity index is 946. The number of hydrogen-bond acceptors (Lipinski definition) is 4. The van der Waals surface area contributed by atoms with Crippen LogP contribution in [0.3, 0.4) is 0 Å². The van der Waals surface area contributed by atoms with Gasteiger partial charge in [-0.3, -0.25) is 14.7 Å². The first-order valence-electron chi connectivity index (χ1n) is 9.86. The van der Waals surface area contributed by atoms with Gasteiger partial charge >= 0.3 is 0 Å². The van der Waals surface area contributed by atoms with E-state index in [9.17, 15) is 4.79 Å². The van der Waals surface area contributed by atoms with Crippen molar-refractivity contribution in [3.63, 3.8) is 0 Å². The number of amides is 1. The summed E-state index contributed by atoms with van der Waals surface area (Å²) in [5, 5.41) is 4.01. The summed E-state index contributed by atoms with van der Waals surface area (Å²) in [5.74, 6) is -0.0588. The fourth-order valence-corrected chi connectivity index (χ4v) is 3.61. The summed E-state index contributed by atoms with van der Waals surface area (Å²) in [5.41, 5.74) is 4.11. The molecule has 1 aromatic heterocycles. The van der Waals surface area contributed by atoms with Gasteiger partial charge in [-0.2, -0.15) is 0 Å². The lowest BCUT2D eigenvalue weighted by Crippen LogP contribution is -2.48. The predicted octanol–water partition coefficient (Wildman–Crippen LogP) is 3.10. The number of piperazine rings is 1. The molecule has 2 aromatic carbocycles. The number of aryl methyl sites for hydroxylation is 1. The Morgan fingerprint density at radius 3 is 2.57 bits per heavy atom. The van der Waals surface area contributed by atoms with E-state index in [1.165, 1.54) is 11.3 Å². The number of rotatable bonds is 5. The monoisotopic (exact) mass is 374 g/mol. The van der Waals surface area contributed by atoms with E-state index in [0.29, 0.717) is 12.1 Å². The Morgan fingerprint density at radius 2 is 1.79 bits per heavy atom. The SMILES string of the molecule is Cc1ccc(N2CCN(CCNC(=O)c3cnc4ccccc4c3)CC2)cc1. The number of hydrogen-bond donors (Lipinski definition) is 1. The molecule has 0 unspecified atom stereocenters. The highest BCUT2D eigenvalue weighted by atomic mass is 16.1. The van der Waals surface area contributed by atoms with Crippen molar-refractivity contribution >= 4 is 22.5 Å². The topological polar surface area (TPSA) is 48.5 Å². The van der Waals surface area contributed by atoms with E-state index in [4.69, 9.17) is 0 Å². The fourth-order valence-electron chi connectivity index (χ4n) is 3.61. The molecule has 1 aliphatic heterocycles. The molecule has 0 aliphatic carbocycles. The van der Waals surface area contributed by atoms with Gasteiger partial charge in [0, 0.05) is 56.5 Å². The minimum Gasteiger partial charge on any atom is -0.369 e. The number of nitrogens with one attached hydrogen (secondary N) is 1. The number of para-hydroxylation sites is 1. The van der Waals surface area contributed by atoms with Crippen LogP contribution in [0, 0.1) is 6.92 Å². The first-order chi connectivity index (χ1) is 13.7. The first kappa shape index (κ1) is 18.4. The highest BCUT2D eigenvalue weighted by molar-refractivity contribution is 5.97. The zero-order chi connectivity index (χ0) is 19.3. The number of pyridine rings is 1. The van der Waals surface area contributed by atoms with Crippen LogP contribution in [0.25, 0.3) is 10.9 Å². The highest BCUT2D eigenvalue weighted by Crippen LogP contribution is 2.17. The number of nitrogens with zero attached hydrogens (tertiary/aromatic N) is 3. The van der Waals surface area contributed by atoms with E-state index in [1.807, 2.05) is 30.3 Å². The summed E-state index contributed by atoms with van der Waals surface area (Å²) in [7, 11) is 0. The first-order valence-corrected chi connectivity index (χ1v) is 9.86. The largest absolute Gasteiger partial charge is 0.369 e. The average Bonchev–Trinajstić information content (AvgIpc) is 2.74. The molecule has 0 saturated carbocycles. The molecular formula is C23H26N4O. The van der Waals surface area contributed by atoms with Crippen molar-refractivity contribution in [2.75, 3.05) is 44.2 Å². The lowest BCUT2D eigenvalue weighted by atomic mass is 10.1. The standard InChI is InChI=1S/C23H26N4O/c1-18-6-8-21(9-7-18)27-14-12-26(13-15-27)11-10-24-23(28)20-16-19-4-2-3-5-22(19)25-17-20/h2-9,16-17H,10-15H2,1H3,(H,24,28). The van der Waals surface area contributed by atoms with Crippen LogP contribution in [-0.4, -0.2) is 55.1 Å². The van der Waals surface area contributed by atoms with Gasteiger partial charge < -0.3 is 10.2 Å². The second-order valence-corrected chi connectivity index (χ2v) is 7.34. The normalized spacial score (nSPS) is 15.0. The zero-order valence-electron chi connectivity index (χ0n) is 16.3. The van der Waals surface area contributed by atoms with Crippen LogP contribution in [0.1, 0.15) is 15.9 Å². The molecule has 1 saturated heterocycles. The summed E-state index contributed by atoms with van der Waals surface area (Å²) < 4.78 is 0. The Morgan fingerprint density at radius 1 is 1.04 bits per heavy atom. The van der Waals surface area contributed by atoms with E-state index < -0.39 is 0 Å². The van der Waals surface area contributed by atoms with Crippen LogP contribution in [0.15, 0.2) is 60.8 Å². The molecule has 1 amide bonds. The maximum absolute atomic E-state index is 12.4. The van der Waals surface area contributed by atoms with E-state index in [-0.39, 0.29) is 5.91 Å². The molecule has 0 spiro atoms. The van der Waals surface area contributed by atoms with Crippen LogP contribution < -0.4 is 10.2 Å². The van der Waals surface area contributed by atoms with Crippen LogP contribution >= 0.6 is 0 Å². The van der Waals surface area contributed by atoms with Gasteiger partial charge in [-0.1, -0.05) is 35.9 Å². The second-order valence-electron chi connectivity index (χ2n) is 7.34. The van der Waals surface area contributed by atoms with Crippen molar-refractivity contribution in [2.45, 2.75) is 6.92 Å². The van der Waals surface area contributed by atoms with Gasteiger partial charge in [-0.05, 0) is 31.2 Å². The summed E-state index contributed by atoms with van der Waals surface area (Å²) >= 11 is 0. The van der Waals surface area contributed by atoms with E-state index in [2.05, 4.69) is 51.3 Å². The Balaban J connectivity index is 1.24. The minimum absolute atomic E-state index is 0.0588. The van der Waals surface area contributed by atoms with Crippen molar-refractivity contribution in [1.82, 2.24) is 15.2 Å². The van der Waals surface area contributed by atoms with Gasteiger partial charge in [0.25, 0.3) is 5.91 Å². The van der Waals surface area contributed by atoms with Gasteiger partial charge in [-0.25, -0.2) is 0 Å². The third-order valence-electron chi connectivity index (χ3n) is 5.34. The molecule has 28 heavy (non-hydrogen) atoms. The van der Waals surface area contributed by atoms with Gasteiger partial charge in [0.2, 0.25) is 0 Å². The average molecular weight is 374 g/mol. The Hall–Kier alpha value is -2.92. The van der Waals surface area contributed by atoms with Crippen molar-refractivity contribution in [1.29, 1.82) is 0 Å². The predicted molar refractivity (Wildman–Crippen MR) is 114 cm³/mol. The molecule has 0 bridgehead atoms. The summed E-state index contributed by atoms with van der Waals surface area (Å²) in [6, 6.07) is 18.5. The third-order valence-corrected chi connectivity index (χ3v) is 5.34. The number of aromatic nitrogens is 1. The molecule has 1 N–H and O–H groups in total.